The van der Waals surface area contributed by atoms with Crippen LogP contribution in [0.1, 0.15) is 12.8 Å². The van der Waals surface area contributed by atoms with Crippen LogP contribution in [-0.4, -0.2) is 27.7 Å². The predicted octanol–water partition coefficient (Wildman–Crippen LogP) is 2.17. The second-order valence-electron chi connectivity index (χ2n) is 5.05. The van der Waals surface area contributed by atoms with Crippen molar-refractivity contribution in [3.8, 4) is 11.5 Å². The molecule has 0 radical (unpaired) electrons. The highest BCUT2D eigenvalue weighted by Gasteiger charge is 2.15. The maximum absolute atomic E-state index is 11.9. The lowest BCUT2D eigenvalue weighted by atomic mass is 10.2. The monoisotopic (exact) mass is 368 g/mol. The van der Waals surface area contributed by atoms with Gasteiger partial charge in [0.05, 0.1) is 0 Å². The van der Waals surface area contributed by atoms with Crippen molar-refractivity contribution in [2.24, 2.45) is 0 Å². The number of fused-ring (bicyclic) bond motifs is 1. The highest BCUT2D eigenvalue weighted by atomic mass is 32.2. The van der Waals surface area contributed by atoms with Crippen LogP contribution in [0.4, 0.5) is 5.69 Å². The number of benzene rings is 1. The summed E-state index contributed by atoms with van der Waals surface area (Å²) in [4.78, 5) is 11.9. The number of sulfonamides is 1. The summed E-state index contributed by atoms with van der Waals surface area (Å²) in [7, 11) is -3.47. The Bertz CT molecular complexity index is 818. The molecule has 7 nitrogen and oxygen atoms in total. The maximum Gasteiger partial charge on any atom is 0.250 e. The second kappa shape index (κ2) is 7.20. The van der Waals surface area contributed by atoms with Crippen molar-refractivity contribution >= 4 is 33.0 Å². The summed E-state index contributed by atoms with van der Waals surface area (Å²) in [6.07, 6.45) is 0.613. The molecule has 128 valence electrons. The first-order valence-electron chi connectivity index (χ1n) is 7.27. The van der Waals surface area contributed by atoms with Crippen LogP contribution in [0.3, 0.4) is 0 Å². The Morgan fingerprint density at radius 1 is 1.21 bits per heavy atom. The zero-order valence-corrected chi connectivity index (χ0v) is 14.3. The number of hydrogen-bond donors (Lipinski definition) is 2. The average Bonchev–Trinajstić information content (AvgIpc) is 3.22. The highest BCUT2D eigenvalue weighted by Crippen LogP contribution is 2.34. The summed E-state index contributed by atoms with van der Waals surface area (Å²) in [5, 5.41) is 4.45. The van der Waals surface area contributed by atoms with Gasteiger partial charge >= 0.3 is 0 Å². The van der Waals surface area contributed by atoms with Crippen LogP contribution < -0.4 is 19.5 Å². The molecule has 0 saturated heterocycles. The van der Waals surface area contributed by atoms with Gasteiger partial charge in [0.25, 0.3) is 0 Å². The van der Waals surface area contributed by atoms with Gasteiger partial charge in [-0.25, -0.2) is 13.1 Å². The molecule has 0 atom stereocenters. The SMILES string of the molecule is O=C(CCCNS(=O)(=O)c1cccs1)Nc1ccc2c(c1)OCO2. The molecule has 2 aromatic rings. The van der Waals surface area contributed by atoms with Crippen molar-refractivity contribution in [2.75, 3.05) is 18.7 Å². The van der Waals surface area contributed by atoms with Crippen LogP contribution >= 0.6 is 11.3 Å². The molecule has 2 N–H and O–H groups in total. The van der Waals surface area contributed by atoms with E-state index in [1.54, 1.807) is 35.7 Å². The van der Waals surface area contributed by atoms with E-state index in [1.165, 1.54) is 0 Å². The number of carbonyl (C=O) groups excluding carboxylic acids is 1. The largest absolute Gasteiger partial charge is 0.454 e. The van der Waals surface area contributed by atoms with Crippen molar-refractivity contribution in [3.05, 3.63) is 35.7 Å². The molecule has 1 aliphatic heterocycles. The lowest BCUT2D eigenvalue weighted by molar-refractivity contribution is -0.116. The molecule has 1 aromatic heterocycles. The van der Waals surface area contributed by atoms with Crippen molar-refractivity contribution in [3.63, 3.8) is 0 Å². The highest BCUT2D eigenvalue weighted by molar-refractivity contribution is 7.91. The van der Waals surface area contributed by atoms with Crippen molar-refractivity contribution in [2.45, 2.75) is 17.1 Å². The van der Waals surface area contributed by atoms with Gasteiger partial charge in [0.1, 0.15) is 4.21 Å². The Morgan fingerprint density at radius 2 is 2.04 bits per heavy atom. The molecule has 1 aromatic carbocycles. The third-order valence-corrected chi connectivity index (χ3v) is 6.15. The molecule has 1 amide bonds. The number of amides is 1. The minimum Gasteiger partial charge on any atom is -0.454 e. The third-order valence-electron chi connectivity index (χ3n) is 3.29. The minimum absolute atomic E-state index is 0.178. The fourth-order valence-electron chi connectivity index (χ4n) is 2.14. The molecule has 2 heterocycles. The molecule has 0 spiro atoms. The minimum atomic E-state index is -3.47. The van der Waals surface area contributed by atoms with Gasteiger partial charge in [-0.05, 0) is 30.0 Å². The molecule has 0 bridgehead atoms. The lowest BCUT2D eigenvalue weighted by Gasteiger charge is -2.07. The number of thiophene rings is 1. The summed E-state index contributed by atoms with van der Waals surface area (Å²) in [6.45, 7) is 0.381. The second-order valence-corrected chi connectivity index (χ2v) is 7.99. The predicted molar refractivity (Wildman–Crippen MR) is 89.9 cm³/mol. The van der Waals surface area contributed by atoms with Gasteiger partial charge in [0, 0.05) is 24.7 Å². The van der Waals surface area contributed by atoms with E-state index in [4.69, 9.17) is 9.47 Å². The van der Waals surface area contributed by atoms with E-state index in [-0.39, 0.29) is 29.9 Å². The Morgan fingerprint density at radius 3 is 2.83 bits per heavy atom. The molecular weight excluding hydrogens is 352 g/mol. The van der Waals surface area contributed by atoms with Crippen LogP contribution in [0, 0.1) is 0 Å². The maximum atomic E-state index is 11.9. The third kappa shape index (κ3) is 4.05. The number of hydrogen-bond acceptors (Lipinski definition) is 6. The number of nitrogens with one attached hydrogen (secondary N) is 2. The van der Waals surface area contributed by atoms with Crippen LogP contribution in [0.2, 0.25) is 0 Å². The van der Waals surface area contributed by atoms with Gasteiger partial charge in [-0.3, -0.25) is 4.79 Å². The molecular formula is C15H16N2O5S2. The topological polar surface area (TPSA) is 93.7 Å². The Balaban J connectivity index is 1.43. The number of rotatable bonds is 7. The quantitative estimate of drug-likeness (QED) is 0.731. The molecule has 0 saturated carbocycles. The Kier molecular flexibility index (Phi) is 5.03. The van der Waals surface area contributed by atoms with E-state index in [9.17, 15) is 13.2 Å². The van der Waals surface area contributed by atoms with Crippen molar-refractivity contribution < 1.29 is 22.7 Å². The summed E-state index contributed by atoms with van der Waals surface area (Å²) < 4.78 is 37.0. The molecule has 0 unspecified atom stereocenters. The molecule has 0 fully saturated rings. The van der Waals surface area contributed by atoms with Crippen LogP contribution in [0.5, 0.6) is 11.5 Å². The zero-order chi connectivity index (χ0) is 17.0. The first-order chi connectivity index (χ1) is 11.5. The van der Waals surface area contributed by atoms with Gasteiger partial charge in [-0.2, -0.15) is 0 Å². The smallest absolute Gasteiger partial charge is 0.250 e. The summed E-state index contributed by atoms with van der Waals surface area (Å²) in [5.41, 5.74) is 0.614. The fourth-order valence-corrected chi connectivity index (χ4v) is 4.25. The zero-order valence-electron chi connectivity index (χ0n) is 12.7. The molecule has 9 heteroatoms. The van der Waals surface area contributed by atoms with E-state index in [2.05, 4.69) is 10.0 Å². The Labute approximate surface area is 143 Å². The Hall–Kier alpha value is -2.10. The van der Waals surface area contributed by atoms with Gasteiger partial charge in [-0.1, -0.05) is 6.07 Å². The molecule has 0 aliphatic carbocycles. The van der Waals surface area contributed by atoms with Crippen LogP contribution in [0.25, 0.3) is 0 Å². The molecule has 3 rings (SSSR count). The summed E-state index contributed by atoms with van der Waals surface area (Å²) >= 11 is 1.15. The number of ether oxygens (including phenoxy) is 2. The number of anilines is 1. The van der Waals surface area contributed by atoms with Gasteiger partial charge in [0.2, 0.25) is 22.7 Å². The van der Waals surface area contributed by atoms with Crippen LogP contribution in [0.15, 0.2) is 39.9 Å². The number of carbonyl (C=O) groups is 1. The van der Waals surface area contributed by atoms with E-state index in [1.807, 2.05) is 0 Å². The first-order valence-corrected chi connectivity index (χ1v) is 9.63. The van der Waals surface area contributed by atoms with Crippen molar-refractivity contribution in [1.29, 1.82) is 0 Å². The van der Waals surface area contributed by atoms with Crippen LogP contribution in [-0.2, 0) is 14.8 Å². The molecule has 1 aliphatic rings. The van der Waals surface area contributed by atoms with E-state index in [0.717, 1.165) is 11.3 Å². The van der Waals surface area contributed by atoms with Crippen molar-refractivity contribution in [1.82, 2.24) is 4.72 Å². The molecule has 24 heavy (non-hydrogen) atoms. The van der Waals surface area contributed by atoms with Gasteiger partial charge < -0.3 is 14.8 Å². The average molecular weight is 368 g/mol. The van der Waals surface area contributed by atoms with E-state index in [0.29, 0.717) is 23.6 Å². The van der Waals surface area contributed by atoms with Gasteiger partial charge in [-0.15, -0.1) is 11.3 Å². The van der Waals surface area contributed by atoms with Gasteiger partial charge in [0.15, 0.2) is 11.5 Å². The normalized spacial score (nSPS) is 13.0. The summed E-state index contributed by atoms with van der Waals surface area (Å²) in [5.74, 6) is 1.05. The van der Waals surface area contributed by atoms with E-state index >= 15 is 0 Å². The standard InChI is InChI=1S/C15H16N2O5S2/c18-14(17-11-5-6-12-13(9-11)22-10-21-12)3-1-7-16-24(19,20)15-4-2-8-23-15/h2,4-6,8-9,16H,1,3,7,10H2,(H,17,18). The fraction of sp³-hybridized carbons (Fsp3) is 0.267. The van der Waals surface area contributed by atoms with E-state index < -0.39 is 10.0 Å². The summed E-state index contributed by atoms with van der Waals surface area (Å²) in [6, 6.07) is 8.37. The lowest BCUT2D eigenvalue weighted by Crippen LogP contribution is -2.25. The first kappa shape index (κ1) is 16.7.